The van der Waals surface area contributed by atoms with E-state index in [0.717, 1.165) is 23.1 Å². The van der Waals surface area contributed by atoms with Crippen LogP contribution in [0.1, 0.15) is 168 Å². The third-order valence-electron chi connectivity index (χ3n) is 22.5. The lowest BCUT2D eigenvalue weighted by molar-refractivity contribution is -0.148. The number of primary amides is 1. The van der Waals surface area contributed by atoms with Gasteiger partial charge in [-0.25, -0.2) is 19.4 Å². The highest BCUT2D eigenvalue weighted by Crippen LogP contribution is 2.33. The van der Waals surface area contributed by atoms with Gasteiger partial charge in [0.15, 0.2) is 22.5 Å². The van der Waals surface area contributed by atoms with Crippen LogP contribution in [0.4, 0.5) is 4.79 Å². The summed E-state index contributed by atoms with van der Waals surface area (Å²) in [7, 11) is 8.99. The third kappa shape index (κ3) is 45.5. The van der Waals surface area contributed by atoms with Crippen LogP contribution in [-0.4, -0.2) is 315 Å². The van der Waals surface area contributed by atoms with Gasteiger partial charge in [-0.3, -0.25) is 38.4 Å². The van der Waals surface area contributed by atoms with Gasteiger partial charge in [0.05, 0.1) is 167 Å². The molecule has 36 nitrogen and oxygen atoms in total. The van der Waals surface area contributed by atoms with Gasteiger partial charge in [-0.1, -0.05) is 139 Å². The normalized spacial score (nSPS) is 15.1. The van der Waals surface area contributed by atoms with E-state index >= 15 is 0 Å². The third-order valence-corrected chi connectivity index (χ3v) is 23.0. The van der Waals surface area contributed by atoms with Crippen molar-refractivity contribution in [2.45, 2.75) is 219 Å². The second kappa shape index (κ2) is 66.0. The number of carbonyl (C=O) groups excluding carboxylic acids is 9. The van der Waals surface area contributed by atoms with Gasteiger partial charge in [0.25, 0.3) is 0 Å². The van der Waals surface area contributed by atoms with Crippen LogP contribution in [0.5, 0.6) is 0 Å². The Bertz CT molecular complexity index is 3870. The maximum absolute atomic E-state index is 14.7. The van der Waals surface area contributed by atoms with Crippen molar-refractivity contribution < 1.29 is 95.3 Å². The fourth-order valence-corrected chi connectivity index (χ4v) is 15.7. The molecule has 6 N–H and O–H groups in total. The van der Waals surface area contributed by atoms with E-state index in [4.69, 9.17) is 57.8 Å². The maximum Gasteiger partial charge on any atom is 0.312 e. The number of carbonyl (C=O) groups is 9. The first-order valence-electron chi connectivity index (χ1n) is 45.4. The van der Waals surface area contributed by atoms with Crippen LogP contribution in [0.3, 0.4) is 0 Å². The summed E-state index contributed by atoms with van der Waals surface area (Å²) >= 11 is 1.47. The van der Waals surface area contributed by atoms with Gasteiger partial charge in [-0.2, -0.15) is 0 Å². The van der Waals surface area contributed by atoms with Gasteiger partial charge in [-0.05, 0) is 112 Å². The Morgan fingerprint density at radius 3 is 1.81 bits per heavy atom. The molecule has 37 heteroatoms. The van der Waals surface area contributed by atoms with Gasteiger partial charge in [0.2, 0.25) is 29.5 Å². The number of thioether (sulfide) groups is 1. The van der Waals surface area contributed by atoms with E-state index in [0.29, 0.717) is 192 Å². The summed E-state index contributed by atoms with van der Waals surface area (Å²) in [5.74, 6) is 2.03. The number of nitrogens with one attached hydrogen (secondary N) is 4. The monoisotopic (exact) mass is 1830 g/mol. The van der Waals surface area contributed by atoms with Crippen LogP contribution in [0, 0.1) is 53.3 Å². The molecule has 0 radical (unpaired) electrons. The molecule has 0 spiro atoms. The molecular weight excluding hydrogens is 1680 g/mol. The summed E-state index contributed by atoms with van der Waals surface area (Å²) in [6.07, 6.45) is 10.9. The van der Waals surface area contributed by atoms with Gasteiger partial charge < -0.3 is 93.8 Å². The second-order valence-corrected chi connectivity index (χ2v) is 34.5. The molecule has 1 fully saturated rings. The molecule has 2 aromatic heterocycles. The lowest BCUT2D eigenvalue weighted by Crippen LogP contribution is -2.54. The number of ketones is 3. The number of amides is 7. The van der Waals surface area contributed by atoms with Crippen molar-refractivity contribution in [3.8, 4) is 11.8 Å². The van der Waals surface area contributed by atoms with Crippen molar-refractivity contribution in [3.63, 3.8) is 0 Å². The van der Waals surface area contributed by atoms with E-state index in [1.807, 2.05) is 27.4 Å². The van der Waals surface area contributed by atoms with Crippen LogP contribution < -0.4 is 27.0 Å². The summed E-state index contributed by atoms with van der Waals surface area (Å²) in [6.45, 7) is 29.3. The number of rotatable bonds is 73. The Morgan fingerprint density at radius 2 is 1.27 bits per heavy atom. The molecule has 1 aromatic carbocycles. The molecule has 1 aliphatic rings. The number of Topliss-reactive ketones (excluding diaryl/α,β-unsaturated/α-hetero) is 3. The SMILES string of the molecule is C=C(C[C@H](C(=O)N(C)[C@@H]([C@@H](C)CC)[C@@H](CC(=O)N1CCC[C@H]1C(OC)[C@@H](C)C(=O)N[C@H](CN=[N+]=[N-])Cc1ccc(CC(=O)[C@H](CCCNC(N)=O)NC(=O)[C@@H](CC(=O)COCC(=O)CCCOCCOCCOCCOCCOCCOCCOCCOCCn2cc(CNC(=O)CCCC#Cc3cnc(SC)nc3)nn2)C(C)C)cc1)OC)C(C)C)[C@H](C(C)C)N(C)C. The molecule has 0 aliphatic carbocycles. The van der Waals surface area contributed by atoms with Crippen LogP contribution in [0.2, 0.25) is 0 Å². The molecule has 3 heterocycles. The number of unbranched alkanes of at least 4 members (excludes halogenated alkanes) is 1. The molecule has 0 bridgehead atoms. The fourth-order valence-electron chi connectivity index (χ4n) is 15.4. The molecule has 1 aliphatic heterocycles. The highest BCUT2D eigenvalue weighted by Gasteiger charge is 2.44. The lowest BCUT2D eigenvalue weighted by atomic mass is 9.82. The lowest BCUT2D eigenvalue weighted by Gasteiger charge is -2.41. The Kier molecular flexibility index (Phi) is 57.7. The van der Waals surface area contributed by atoms with Gasteiger partial charge >= 0.3 is 6.03 Å². The van der Waals surface area contributed by atoms with E-state index in [2.05, 4.69) is 116 Å². The predicted molar refractivity (Wildman–Crippen MR) is 490 cm³/mol. The molecule has 129 heavy (non-hydrogen) atoms. The molecular formula is C92H150N16O20S. The largest absolute Gasteiger partial charge is 0.379 e. The summed E-state index contributed by atoms with van der Waals surface area (Å²) in [4.78, 5) is 139. The fraction of sp³-hybridized carbons (Fsp3) is 0.728. The average Bonchev–Trinajstić information content (AvgIpc) is 1.56. The van der Waals surface area contributed by atoms with Crippen LogP contribution in [-0.2, 0) is 116 Å². The number of hydrogen-bond acceptors (Lipinski definition) is 27. The summed E-state index contributed by atoms with van der Waals surface area (Å²) in [5.41, 5.74) is 18.5. The van der Waals surface area contributed by atoms with E-state index in [9.17, 15) is 48.7 Å². The number of azide groups is 1. The summed E-state index contributed by atoms with van der Waals surface area (Å²) in [6, 6.07) is 3.95. The number of likely N-dealkylation sites (tertiary alicyclic amines) is 1. The molecule has 4 rings (SSSR count). The summed E-state index contributed by atoms with van der Waals surface area (Å²) < 4.78 is 64.1. The smallest absolute Gasteiger partial charge is 0.312 e. The highest BCUT2D eigenvalue weighted by molar-refractivity contribution is 7.98. The van der Waals surface area contributed by atoms with Crippen molar-refractivity contribution in [3.05, 3.63) is 87.8 Å². The van der Waals surface area contributed by atoms with Crippen molar-refractivity contribution in [2.24, 2.45) is 52.3 Å². The Balaban J connectivity index is 1.07. The quantitative estimate of drug-likeness (QED) is 0.00519. The Labute approximate surface area is 768 Å². The first-order chi connectivity index (χ1) is 62.0. The number of likely N-dealkylation sites (N-methyl/N-ethyl adjacent to an activating group) is 2. The molecule has 1 saturated heterocycles. The van der Waals surface area contributed by atoms with E-state index in [-0.39, 0.29) is 130 Å². The van der Waals surface area contributed by atoms with E-state index in [1.165, 1.54) is 18.9 Å². The van der Waals surface area contributed by atoms with Crippen LogP contribution in [0.25, 0.3) is 10.4 Å². The van der Waals surface area contributed by atoms with Gasteiger partial charge in [0.1, 0.15) is 18.9 Å². The minimum Gasteiger partial charge on any atom is -0.379 e. The standard InChI is InChI=1S/C92H150N16O20S/c1-17-67(8)86(106(13)90(116)78(65(4)5)52-68(9)85(66(6)7)105(11)12)82(118-14)56-84(113)108-34-22-27-80(108)87(119-15)69(10)88(114)100-73(60-99-103-94)53-70-29-31-71(32-30-70)54-81(111)79(26-21-33-95-91(93)117)101-89(115)77(64(2)3)55-76(110)63-128-62-75(109)25-23-36-120-38-40-122-42-44-124-46-48-126-50-51-127-49-47-125-45-43-123-41-39-121-37-35-107-61-74(102-104-107)59-96-83(112)28-20-18-19-24-72-57-97-92(129-16)98-58-72/h29-32,57-58,61,64-67,69,73,77-80,82,85-87H,9,17-18,20-23,25-28,33-56,59-60,62-63H2,1-8,10-16H3,(H,96,112)(H,100,114)(H,101,115)(H3,93,95,117)/t67-,69+,73-,77-,78-,79-,80-,82+,85-,86-,87?/m0/s1. The second-order valence-electron chi connectivity index (χ2n) is 33.7. The molecule has 1 unspecified atom stereocenters. The van der Waals surface area contributed by atoms with E-state index < -0.39 is 72.5 Å². The predicted octanol–water partition coefficient (Wildman–Crippen LogP) is 8.17. The molecule has 3 aromatic rings. The number of nitrogens with two attached hydrogens (primary N) is 1. The molecule has 11 atom stereocenters. The van der Waals surface area contributed by atoms with Crippen LogP contribution >= 0.6 is 11.8 Å². The first kappa shape index (κ1) is 113. The molecule has 724 valence electrons. The van der Waals surface area contributed by atoms with Crippen molar-refractivity contribution in [1.29, 1.82) is 0 Å². The minimum absolute atomic E-state index is 0.00304. The van der Waals surface area contributed by atoms with Crippen LogP contribution in [0.15, 0.2) is 65.3 Å². The molecule has 7 amide bonds. The first-order valence-corrected chi connectivity index (χ1v) is 46.6. The van der Waals surface area contributed by atoms with Crippen molar-refractivity contribution in [1.82, 2.24) is 60.9 Å². The number of urea groups is 1. The van der Waals surface area contributed by atoms with E-state index in [1.54, 1.807) is 85.2 Å². The van der Waals surface area contributed by atoms with Gasteiger partial charge in [0, 0.05) is 121 Å². The number of ether oxygens (including phenoxy) is 11. The summed E-state index contributed by atoms with van der Waals surface area (Å²) in [5, 5.41) is 24.1. The Morgan fingerprint density at radius 1 is 0.690 bits per heavy atom. The molecule has 0 saturated carbocycles. The zero-order valence-electron chi connectivity index (χ0n) is 79.3. The Hall–Kier alpha value is -8.45. The highest BCUT2D eigenvalue weighted by atomic mass is 32.2. The number of aromatic nitrogens is 5. The average molecular weight is 1830 g/mol. The number of nitrogens with zero attached hydrogens (tertiary/aromatic N) is 11. The van der Waals surface area contributed by atoms with Crippen molar-refractivity contribution >= 4 is 64.7 Å². The minimum atomic E-state index is -1.00. The van der Waals surface area contributed by atoms with Crippen molar-refractivity contribution in [2.75, 3.05) is 180 Å². The number of hydrogen-bond donors (Lipinski definition) is 5. The van der Waals surface area contributed by atoms with Gasteiger partial charge in [-0.15, -0.1) is 5.10 Å². The number of benzene rings is 1. The zero-order valence-corrected chi connectivity index (χ0v) is 80.1. The topological polar surface area (TPSA) is 444 Å². The number of methoxy groups -OCH3 is 2. The zero-order chi connectivity index (χ0) is 94.8. The maximum atomic E-state index is 14.7.